The number of fused-ring (bicyclic) bond motifs is 1. The molecule has 0 bridgehead atoms. The summed E-state index contributed by atoms with van der Waals surface area (Å²) in [7, 11) is 0. The molecule has 4 heteroatoms. The number of hydrogen-bond donors (Lipinski definition) is 0. The third kappa shape index (κ3) is 1.99. The molecule has 2 aromatic carbocycles. The number of aryl methyl sites for hydroxylation is 1. The van der Waals surface area contributed by atoms with Gasteiger partial charge in [-0.3, -0.25) is 4.79 Å². The van der Waals surface area contributed by atoms with Gasteiger partial charge in [-0.05, 0) is 37.3 Å². The zero-order valence-corrected chi connectivity index (χ0v) is 10.6. The fourth-order valence-electron chi connectivity index (χ4n) is 2.09. The smallest absolute Gasteiger partial charge is 0.231 e. The highest BCUT2D eigenvalue weighted by Crippen LogP contribution is 2.24. The Morgan fingerprint density at radius 3 is 2.70 bits per heavy atom. The van der Waals surface area contributed by atoms with Gasteiger partial charge in [0, 0.05) is 5.39 Å². The first-order chi connectivity index (χ1) is 9.56. The molecule has 0 aliphatic rings. The van der Waals surface area contributed by atoms with E-state index in [1.165, 1.54) is 18.2 Å². The minimum atomic E-state index is -1.16. The lowest BCUT2D eigenvalue weighted by atomic mass is 10.1. The van der Waals surface area contributed by atoms with E-state index in [1.807, 2.05) is 19.1 Å². The van der Waals surface area contributed by atoms with Gasteiger partial charge in [-0.2, -0.15) is 0 Å². The maximum atomic E-state index is 13.6. The highest BCUT2D eigenvalue weighted by molar-refractivity contribution is 6.09. The van der Waals surface area contributed by atoms with Gasteiger partial charge in [0.05, 0.1) is 5.56 Å². The Labute approximate surface area is 113 Å². The van der Waals surface area contributed by atoms with Gasteiger partial charge in [-0.1, -0.05) is 17.7 Å². The van der Waals surface area contributed by atoms with Crippen molar-refractivity contribution in [1.29, 1.82) is 0 Å². The molecule has 0 unspecified atom stereocenters. The Hall–Kier alpha value is -2.49. The van der Waals surface area contributed by atoms with Crippen molar-refractivity contribution in [1.82, 2.24) is 0 Å². The van der Waals surface area contributed by atoms with Crippen LogP contribution in [0.3, 0.4) is 0 Å². The molecule has 100 valence electrons. The van der Waals surface area contributed by atoms with E-state index >= 15 is 0 Å². The lowest BCUT2D eigenvalue weighted by Crippen LogP contribution is -2.04. The van der Waals surface area contributed by atoms with Gasteiger partial charge in [-0.25, -0.2) is 8.78 Å². The molecule has 0 fully saturated rings. The van der Waals surface area contributed by atoms with Gasteiger partial charge in [0.25, 0.3) is 0 Å². The Morgan fingerprint density at radius 1 is 1.10 bits per heavy atom. The fraction of sp³-hybridized carbons (Fsp3) is 0.0625. The van der Waals surface area contributed by atoms with Crippen molar-refractivity contribution in [3.8, 4) is 0 Å². The van der Waals surface area contributed by atoms with E-state index in [2.05, 4.69) is 0 Å². The second kappa shape index (κ2) is 4.56. The average Bonchev–Trinajstić information content (AvgIpc) is 2.84. The average molecular weight is 272 g/mol. The molecule has 1 heterocycles. The first-order valence-electron chi connectivity index (χ1n) is 6.05. The third-order valence-electron chi connectivity index (χ3n) is 3.09. The Bertz CT molecular complexity index is 818. The van der Waals surface area contributed by atoms with Crippen LogP contribution in [0.5, 0.6) is 0 Å². The number of halogens is 2. The van der Waals surface area contributed by atoms with Crippen LogP contribution in [0.15, 0.2) is 46.9 Å². The van der Waals surface area contributed by atoms with Gasteiger partial charge in [0.15, 0.2) is 17.4 Å². The summed E-state index contributed by atoms with van der Waals surface area (Å²) in [5.74, 6) is -2.89. The van der Waals surface area contributed by atoms with Crippen molar-refractivity contribution < 1.29 is 18.0 Å². The van der Waals surface area contributed by atoms with E-state index in [0.29, 0.717) is 5.58 Å². The summed E-state index contributed by atoms with van der Waals surface area (Å²) >= 11 is 0. The highest BCUT2D eigenvalue weighted by Gasteiger charge is 2.20. The van der Waals surface area contributed by atoms with Gasteiger partial charge >= 0.3 is 0 Å². The van der Waals surface area contributed by atoms with Crippen LogP contribution in [0.1, 0.15) is 21.7 Å². The molecule has 0 saturated carbocycles. The second-order valence-electron chi connectivity index (χ2n) is 4.58. The number of carbonyl (C=O) groups excluding carboxylic acids is 1. The van der Waals surface area contributed by atoms with Crippen molar-refractivity contribution in [3.05, 3.63) is 71.0 Å². The van der Waals surface area contributed by atoms with E-state index < -0.39 is 17.4 Å². The van der Waals surface area contributed by atoms with E-state index in [1.54, 1.807) is 6.07 Å². The zero-order chi connectivity index (χ0) is 14.3. The molecule has 1 aromatic heterocycles. The molecule has 0 amide bonds. The maximum absolute atomic E-state index is 13.6. The minimum Gasteiger partial charge on any atom is -0.453 e. The summed E-state index contributed by atoms with van der Waals surface area (Å²) in [5.41, 5.74) is 1.23. The van der Waals surface area contributed by atoms with Gasteiger partial charge in [0.2, 0.25) is 5.78 Å². The molecule has 3 aromatic rings. The van der Waals surface area contributed by atoms with Gasteiger partial charge < -0.3 is 4.42 Å². The highest BCUT2D eigenvalue weighted by atomic mass is 19.2. The molecule has 0 atom stereocenters. The van der Waals surface area contributed by atoms with Crippen molar-refractivity contribution in [2.45, 2.75) is 6.92 Å². The van der Waals surface area contributed by atoms with Crippen LogP contribution >= 0.6 is 0 Å². The molecule has 2 nitrogen and oxygen atoms in total. The van der Waals surface area contributed by atoms with E-state index in [9.17, 15) is 13.6 Å². The molecule has 0 aliphatic heterocycles. The number of furan rings is 1. The minimum absolute atomic E-state index is 0.00454. The number of carbonyl (C=O) groups is 1. The standard InChI is InChI=1S/C16H10F2O2/c1-9-5-6-13-10(7-9)8-14(20-13)16(19)11-3-2-4-12(17)15(11)18/h2-8H,1H3. The summed E-state index contributed by atoms with van der Waals surface area (Å²) in [6, 6.07) is 10.5. The summed E-state index contributed by atoms with van der Waals surface area (Å²) in [4.78, 5) is 12.2. The lowest BCUT2D eigenvalue weighted by molar-refractivity contribution is 0.101. The number of benzene rings is 2. The Balaban J connectivity index is 2.10. The zero-order valence-electron chi connectivity index (χ0n) is 10.6. The van der Waals surface area contributed by atoms with Crippen LogP contribution in [0.4, 0.5) is 8.78 Å². The monoisotopic (exact) mass is 272 g/mol. The van der Waals surface area contributed by atoms with Crippen LogP contribution in [-0.2, 0) is 0 Å². The summed E-state index contributed by atoms with van der Waals surface area (Å²) in [6.07, 6.45) is 0. The largest absolute Gasteiger partial charge is 0.453 e. The Morgan fingerprint density at radius 2 is 1.90 bits per heavy atom. The molecular weight excluding hydrogens is 262 g/mol. The predicted octanol–water partition coefficient (Wildman–Crippen LogP) is 4.25. The normalized spacial score (nSPS) is 10.9. The predicted molar refractivity (Wildman–Crippen MR) is 70.7 cm³/mol. The van der Waals surface area contributed by atoms with Crippen molar-refractivity contribution in [2.75, 3.05) is 0 Å². The van der Waals surface area contributed by atoms with Crippen LogP contribution in [0, 0.1) is 18.6 Å². The number of rotatable bonds is 2. The van der Waals surface area contributed by atoms with Crippen LogP contribution in [-0.4, -0.2) is 5.78 Å². The van der Waals surface area contributed by atoms with E-state index in [-0.39, 0.29) is 11.3 Å². The van der Waals surface area contributed by atoms with Gasteiger partial charge in [0.1, 0.15) is 5.58 Å². The molecule has 0 spiro atoms. The molecular formula is C16H10F2O2. The number of ketones is 1. The molecule has 20 heavy (non-hydrogen) atoms. The van der Waals surface area contributed by atoms with Crippen LogP contribution < -0.4 is 0 Å². The van der Waals surface area contributed by atoms with E-state index in [4.69, 9.17) is 4.42 Å². The molecule has 3 rings (SSSR count). The Kier molecular flexibility index (Phi) is 2.86. The lowest BCUT2D eigenvalue weighted by Gasteiger charge is -2.00. The van der Waals surface area contributed by atoms with Crippen molar-refractivity contribution in [3.63, 3.8) is 0 Å². The van der Waals surface area contributed by atoms with E-state index in [0.717, 1.165) is 17.0 Å². The molecule has 0 saturated heterocycles. The first-order valence-corrected chi connectivity index (χ1v) is 6.05. The molecule has 0 aliphatic carbocycles. The molecule has 0 radical (unpaired) electrons. The summed E-state index contributed by atoms with van der Waals surface area (Å²) in [5, 5.41) is 0.755. The first kappa shape index (κ1) is 12.5. The number of hydrogen-bond acceptors (Lipinski definition) is 2. The quantitative estimate of drug-likeness (QED) is 0.653. The fourth-order valence-corrected chi connectivity index (χ4v) is 2.09. The summed E-state index contributed by atoms with van der Waals surface area (Å²) < 4.78 is 32.2. The maximum Gasteiger partial charge on any atom is 0.231 e. The topological polar surface area (TPSA) is 30.2 Å². The SMILES string of the molecule is Cc1ccc2oc(C(=O)c3cccc(F)c3F)cc2c1. The third-order valence-corrected chi connectivity index (χ3v) is 3.09. The van der Waals surface area contributed by atoms with Crippen molar-refractivity contribution >= 4 is 16.8 Å². The molecule has 0 N–H and O–H groups in total. The van der Waals surface area contributed by atoms with Crippen LogP contribution in [0.2, 0.25) is 0 Å². The van der Waals surface area contributed by atoms with Gasteiger partial charge in [-0.15, -0.1) is 0 Å². The van der Waals surface area contributed by atoms with Crippen molar-refractivity contribution in [2.24, 2.45) is 0 Å². The summed E-state index contributed by atoms with van der Waals surface area (Å²) in [6.45, 7) is 1.92. The second-order valence-corrected chi connectivity index (χ2v) is 4.58. The van der Waals surface area contributed by atoms with Crippen LogP contribution in [0.25, 0.3) is 11.0 Å².